The Labute approximate surface area is 246 Å². The Morgan fingerprint density at radius 2 is 0.692 bits per heavy atom. The molecule has 0 radical (unpaired) electrons. The van der Waals surface area contributed by atoms with E-state index in [1.165, 1.54) is 184 Å². The van der Waals surface area contributed by atoms with Gasteiger partial charge in [-0.05, 0) is 48.8 Å². The molecule has 0 aromatic heterocycles. The summed E-state index contributed by atoms with van der Waals surface area (Å²) >= 11 is 0. The number of hydrogen-bond donors (Lipinski definition) is 1. The molecule has 0 bridgehead atoms. The van der Waals surface area contributed by atoms with Crippen LogP contribution in [-0.4, -0.2) is 5.11 Å². The summed E-state index contributed by atoms with van der Waals surface area (Å²) in [6, 6.07) is 4.61. The monoisotopic (exact) mass is 543 g/mol. The first-order valence-electron chi connectivity index (χ1n) is 18.1. The first-order chi connectivity index (χ1) is 19.2. The molecule has 1 aromatic carbocycles. The van der Waals surface area contributed by atoms with Gasteiger partial charge in [-0.15, -0.1) is 0 Å². The highest BCUT2D eigenvalue weighted by Crippen LogP contribution is 2.28. The van der Waals surface area contributed by atoms with Crippen LogP contribution < -0.4 is 0 Å². The van der Waals surface area contributed by atoms with Gasteiger partial charge in [-0.1, -0.05) is 187 Å². The number of benzene rings is 1. The van der Waals surface area contributed by atoms with Crippen molar-refractivity contribution in [2.45, 2.75) is 207 Å². The number of phenols is 1. The lowest BCUT2D eigenvalue weighted by Crippen LogP contribution is -1.96. The average Bonchev–Trinajstić information content (AvgIpc) is 2.95. The first-order valence-corrected chi connectivity index (χ1v) is 18.1. The zero-order valence-electron chi connectivity index (χ0n) is 27.1. The Morgan fingerprint density at radius 1 is 0.385 bits per heavy atom. The van der Waals surface area contributed by atoms with E-state index in [2.05, 4.69) is 32.9 Å². The predicted molar refractivity (Wildman–Crippen MR) is 176 cm³/mol. The Morgan fingerprint density at radius 3 is 1.05 bits per heavy atom. The van der Waals surface area contributed by atoms with Gasteiger partial charge in [0.05, 0.1) is 0 Å². The molecule has 1 rings (SSSR count). The Kier molecular flexibility index (Phi) is 25.1. The quantitative estimate of drug-likeness (QED) is 0.0998. The summed E-state index contributed by atoms with van der Waals surface area (Å²) in [6.07, 6.45) is 39.6. The van der Waals surface area contributed by atoms with Crippen LogP contribution in [-0.2, 0) is 19.3 Å². The summed E-state index contributed by atoms with van der Waals surface area (Å²) in [5.41, 5.74) is 3.83. The third-order valence-corrected chi connectivity index (χ3v) is 8.83. The standard InChI is InChI=1S/C38H70O/c1-4-7-9-11-13-15-17-19-21-23-25-27-29-31-35-33-36(6-3)38(39)37(34-35)32-30-28-26-24-22-20-18-16-14-12-10-8-5-2/h33-34,39H,4-32H2,1-3H3. The van der Waals surface area contributed by atoms with Gasteiger partial charge in [0.1, 0.15) is 5.75 Å². The van der Waals surface area contributed by atoms with Crippen LogP contribution in [0.15, 0.2) is 12.1 Å². The van der Waals surface area contributed by atoms with E-state index in [-0.39, 0.29) is 0 Å². The highest BCUT2D eigenvalue weighted by Gasteiger charge is 2.09. The summed E-state index contributed by atoms with van der Waals surface area (Å²) in [7, 11) is 0. The van der Waals surface area contributed by atoms with Gasteiger partial charge in [0.25, 0.3) is 0 Å². The SMILES string of the molecule is CCCCCCCCCCCCCCCc1cc(CC)c(O)c(CCCCCCCCCCCCCCC)c1. The van der Waals surface area contributed by atoms with E-state index in [0.717, 1.165) is 18.4 Å². The van der Waals surface area contributed by atoms with E-state index in [4.69, 9.17) is 0 Å². The van der Waals surface area contributed by atoms with Crippen molar-refractivity contribution in [1.82, 2.24) is 0 Å². The van der Waals surface area contributed by atoms with E-state index in [9.17, 15) is 5.11 Å². The van der Waals surface area contributed by atoms with Crippen molar-refractivity contribution in [2.75, 3.05) is 0 Å². The molecule has 0 heterocycles. The van der Waals surface area contributed by atoms with E-state index in [1.807, 2.05) is 0 Å². The molecule has 1 aromatic rings. The zero-order valence-corrected chi connectivity index (χ0v) is 27.1. The van der Waals surface area contributed by atoms with E-state index >= 15 is 0 Å². The van der Waals surface area contributed by atoms with Crippen LogP contribution in [0, 0.1) is 0 Å². The zero-order chi connectivity index (χ0) is 28.2. The Bertz CT molecular complexity index is 648. The lowest BCUT2D eigenvalue weighted by atomic mass is 9.95. The minimum atomic E-state index is 0.588. The number of rotatable bonds is 29. The van der Waals surface area contributed by atoms with Crippen LogP contribution in [0.5, 0.6) is 5.75 Å². The number of hydrogen-bond acceptors (Lipinski definition) is 1. The fourth-order valence-corrected chi connectivity index (χ4v) is 6.12. The van der Waals surface area contributed by atoms with Crippen molar-refractivity contribution < 1.29 is 5.11 Å². The topological polar surface area (TPSA) is 20.2 Å². The van der Waals surface area contributed by atoms with Gasteiger partial charge in [0.2, 0.25) is 0 Å². The average molecular weight is 543 g/mol. The molecule has 1 nitrogen and oxygen atoms in total. The van der Waals surface area contributed by atoms with Gasteiger partial charge < -0.3 is 5.11 Å². The maximum atomic E-state index is 10.8. The van der Waals surface area contributed by atoms with Crippen LogP contribution in [0.1, 0.15) is 204 Å². The highest BCUT2D eigenvalue weighted by molar-refractivity contribution is 5.44. The van der Waals surface area contributed by atoms with Gasteiger partial charge in [0, 0.05) is 0 Å². The Balaban J connectivity index is 2.11. The van der Waals surface area contributed by atoms with Crippen LogP contribution >= 0.6 is 0 Å². The molecule has 0 saturated heterocycles. The number of phenolic OH excluding ortho intramolecular Hbond substituents is 1. The summed E-state index contributed by atoms with van der Waals surface area (Å²) in [6.45, 7) is 6.77. The molecular formula is C38H70O. The molecular weight excluding hydrogens is 472 g/mol. The van der Waals surface area contributed by atoms with Crippen LogP contribution in [0.2, 0.25) is 0 Å². The normalized spacial score (nSPS) is 11.5. The van der Waals surface area contributed by atoms with Crippen molar-refractivity contribution in [3.8, 4) is 5.75 Å². The lowest BCUT2D eigenvalue weighted by molar-refractivity contribution is 0.459. The third kappa shape index (κ3) is 20.5. The molecule has 0 aliphatic heterocycles. The van der Waals surface area contributed by atoms with Crippen molar-refractivity contribution in [2.24, 2.45) is 0 Å². The summed E-state index contributed by atoms with van der Waals surface area (Å²) in [5.74, 6) is 0.588. The first kappa shape index (κ1) is 36.0. The van der Waals surface area contributed by atoms with Gasteiger partial charge in [-0.2, -0.15) is 0 Å². The molecule has 1 N–H and O–H groups in total. The van der Waals surface area contributed by atoms with Crippen molar-refractivity contribution >= 4 is 0 Å². The fourth-order valence-electron chi connectivity index (χ4n) is 6.12. The summed E-state index contributed by atoms with van der Waals surface area (Å²) < 4.78 is 0. The minimum absolute atomic E-state index is 0.588. The molecule has 228 valence electrons. The molecule has 0 saturated carbocycles. The number of aromatic hydroxyl groups is 1. The number of unbranched alkanes of at least 4 members (excludes halogenated alkanes) is 24. The molecule has 1 heteroatoms. The predicted octanol–water partition coefficient (Wildman–Crippen LogP) is 13.2. The number of aryl methyl sites for hydroxylation is 3. The van der Waals surface area contributed by atoms with Crippen molar-refractivity contribution in [1.29, 1.82) is 0 Å². The second-order valence-electron chi connectivity index (χ2n) is 12.6. The van der Waals surface area contributed by atoms with Gasteiger partial charge >= 0.3 is 0 Å². The van der Waals surface area contributed by atoms with Crippen LogP contribution in [0.4, 0.5) is 0 Å². The second-order valence-corrected chi connectivity index (χ2v) is 12.6. The van der Waals surface area contributed by atoms with E-state index in [1.54, 1.807) is 0 Å². The Hall–Kier alpha value is -0.980. The maximum Gasteiger partial charge on any atom is 0.121 e. The molecule has 0 unspecified atom stereocenters. The van der Waals surface area contributed by atoms with E-state index < -0.39 is 0 Å². The summed E-state index contributed by atoms with van der Waals surface area (Å²) in [4.78, 5) is 0. The van der Waals surface area contributed by atoms with Crippen LogP contribution in [0.25, 0.3) is 0 Å². The van der Waals surface area contributed by atoms with E-state index in [0.29, 0.717) is 5.75 Å². The van der Waals surface area contributed by atoms with Gasteiger partial charge in [-0.25, -0.2) is 0 Å². The smallest absolute Gasteiger partial charge is 0.121 e. The molecule has 0 fully saturated rings. The molecule has 0 spiro atoms. The van der Waals surface area contributed by atoms with Crippen molar-refractivity contribution in [3.63, 3.8) is 0 Å². The highest BCUT2D eigenvalue weighted by atomic mass is 16.3. The third-order valence-electron chi connectivity index (χ3n) is 8.83. The van der Waals surface area contributed by atoms with Gasteiger partial charge in [-0.3, -0.25) is 0 Å². The molecule has 0 aliphatic carbocycles. The molecule has 39 heavy (non-hydrogen) atoms. The minimum Gasteiger partial charge on any atom is -0.507 e. The van der Waals surface area contributed by atoms with Gasteiger partial charge in [0.15, 0.2) is 0 Å². The molecule has 0 aliphatic rings. The second kappa shape index (κ2) is 27.2. The molecule has 0 atom stereocenters. The summed E-state index contributed by atoms with van der Waals surface area (Å²) in [5, 5.41) is 10.8. The van der Waals surface area contributed by atoms with Crippen molar-refractivity contribution in [3.05, 3.63) is 28.8 Å². The molecule has 0 amide bonds. The lowest BCUT2D eigenvalue weighted by Gasteiger charge is -2.13. The maximum absolute atomic E-state index is 10.8. The van der Waals surface area contributed by atoms with Crippen LogP contribution in [0.3, 0.4) is 0 Å². The largest absolute Gasteiger partial charge is 0.507 e. The fraction of sp³-hybridized carbons (Fsp3) is 0.842.